The predicted molar refractivity (Wildman–Crippen MR) is 66.9 cm³/mol. The molecule has 1 heterocycles. The summed E-state index contributed by atoms with van der Waals surface area (Å²) in [4.78, 5) is 11.5. The molecule has 90 valence electrons. The van der Waals surface area contributed by atoms with E-state index in [0.29, 0.717) is 6.54 Å². The van der Waals surface area contributed by atoms with Crippen molar-refractivity contribution in [3.05, 3.63) is 20.8 Å². The molecule has 0 spiro atoms. The first-order chi connectivity index (χ1) is 7.58. The topological polar surface area (TPSA) is 69.6 Å². The van der Waals surface area contributed by atoms with Gasteiger partial charge in [0.15, 0.2) is 0 Å². The summed E-state index contributed by atoms with van der Waals surface area (Å²) in [5.74, 6) is -0.975. The standard InChI is InChI=1S/C10H14BrNO3S/c11-9-2-1-8(16-9)3-4-12-6-7(13)5-10(14)15/h1-2,7,12-13H,3-6H2,(H,14,15). The summed E-state index contributed by atoms with van der Waals surface area (Å²) in [5, 5.41) is 20.7. The van der Waals surface area contributed by atoms with Crippen LogP contribution in [0.5, 0.6) is 0 Å². The van der Waals surface area contributed by atoms with Crippen molar-refractivity contribution < 1.29 is 15.0 Å². The van der Waals surface area contributed by atoms with Crippen LogP contribution in [0.1, 0.15) is 11.3 Å². The Morgan fingerprint density at radius 3 is 2.88 bits per heavy atom. The van der Waals surface area contributed by atoms with Crippen molar-refractivity contribution in [3.63, 3.8) is 0 Å². The lowest BCUT2D eigenvalue weighted by Gasteiger charge is -2.08. The Labute approximate surface area is 106 Å². The minimum atomic E-state index is -0.975. The highest BCUT2D eigenvalue weighted by Gasteiger charge is 2.08. The first-order valence-electron chi connectivity index (χ1n) is 4.92. The van der Waals surface area contributed by atoms with Gasteiger partial charge in [0.05, 0.1) is 16.3 Å². The summed E-state index contributed by atoms with van der Waals surface area (Å²) in [5.41, 5.74) is 0. The number of aliphatic carboxylic acids is 1. The average Bonchev–Trinajstić information content (AvgIpc) is 2.58. The second kappa shape index (κ2) is 7.01. The van der Waals surface area contributed by atoms with Crippen LogP contribution >= 0.6 is 27.3 Å². The zero-order valence-electron chi connectivity index (χ0n) is 8.65. The van der Waals surface area contributed by atoms with Gasteiger partial charge in [-0.2, -0.15) is 0 Å². The molecule has 0 aliphatic carbocycles. The smallest absolute Gasteiger partial charge is 0.306 e. The fourth-order valence-corrected chi connectivity index (χ4v) is 2.72. The van der Waals surface area contributed by atoms with Gasteiger partial charge >= 0.3 is 5.97 Å². The van der Waals surface area contributed by atoms with Crippen molar-refractivity contribution >= 4 is 33.2 Å². The molecule has 0 aromatic carbocycles. The van der Waals surface area contributed by atoms with Crippen LogP contribution in [-0.2, 0) is 11.2 Å². The largest absolute Gasteiger partial charge is 0.481 e. The van der Waals surface area contributed by atoms with E-state index < -0.39 is 12.1 Å². The maximum Gasteiger partial charge on any atom is 0.306 e. The van der Waals surface area contributed by atoms with Crippen LogP contribution in [0.4, 0.5) is 0 Å². The van der Waals surface area contributed by atoms with Crippen LogP contribution in [0, 0.1) is 0 Å². The summed E-state index contributed by atoms with van der Waals surface area (Å²) in [6.45, 7) is 1.06. The number of aliphatic hydroxyl groups is 1. The number of hydrogen-bond donors (Lipinski definition) is 3. The fourth-order valence-electron chi connectivity index (χ4n) is 1.24. The molecule has 6 heteroatoms. The molecule has 1 aromatic heterocycles. The number of aliphatic hydroxyl groups excluding tert-OH is 1. The molecule has 0 aliphatic rings. The zero-order valence-corrected chi connectivity index (χ0v) is 11.1. The van der Waals surface area contributed by atoms with Gasteiger partial charge in [0.1, 0.15) is 0 Å². The van der Waals surface area contributed by atoms with E-state index >= 15 is 0 Å². The van der Waals surface area contributed by atoms with Crippen molar-refractivity contribution in [2.24, 2.45) is 0 Å². The van der Waals surface area contributed by atoms with Gasteiger partial charge in [-0.05, 0) is 34.5 Å². The second-order valence-electron chi connectivity index (χ2n) is 3.41. The highest BCUT2D eigenvalue weighted by atomic mass is 79.9. The number of thiophene rings is 1. The zero-order chi connectivity index (χ0) is 12.0. The van der Waals surface area contributed by atoms with Crippen LogP contribution in [0.2, 0.25) is 0 Å². The second-order valence-corrected chi connectivity index (χ2v) is 5.96. The third-order valence-corrected chi connectivity index (χ3v) is 3.65. The van der Waals surface area contributed by atoms with Gasteiger partial charge in [-0.25, -0.2) is 0 Å². The SMILES string of the molecule is O=C(O)CC(O)CNCCc1ccc(Br)s1. The van der Waals surface area contributed by atoms with Gasteiger partial charge < -0.3 is 15.5 Å². The summed E-state index contributed by atoms with van der Waals surface area (Å²) >= 11 is 5.06. The Morgan fingerprint density at radius 1 is 1.56 bits per heavy atom. The van der Waals surface area contributed by atoms with Crippen LogP contribution in [0.25, 0.3) is 0 Å². The molecule has 3 N–H and O–H groups in total. The maximum atomic E-state index is 10.3. The monoisotopic (exact) mass is 307 g/mol. The molecule has 0 saturated heterocycles. The minimum Gasteiger partial charge on any atom is -0.481 e. The van der Waals surface area contributed by atoms with E-state index in [9.17, 15) is 9.90 Å². The van der Waals surface area contributed by atoms with Crippen LogP contribution < -0.4 is 5.32 Å². The van der Waals surface area contributed by atoms with E-state index in [-0.39, 0.29) is 6.42 Å². The molecule has 0 bridgehead atoms. The molecule has 1 atom stereocenters. The first kappa shape index (κ1) is 13.6. The number of hydrogen-bond acceptors (Lipinski definition) is 4. The third kappa shape index (κ3) is 5.60. The molecule has 0 fully saturated rings. The van der Waals surface area contributed by atoms with Crippen molar-refractivity contribution in [3.8, 4) is 0 Å². The van der Waals surface area contributed by atoms with Gasteiger partial charge in [-0.1, -0.05) is 0 Å². The van der Waals surface area contributed by atoms with Crippen LogP contribution in [0.3, 0.4) is 0 Å². The van der Waals surface area contributed by atoms with Crippen LogP contribution in [-0.4, -0.2) is 35.4 Å². The number of carboxylic acids is 1. The lowest BCUT2D eigenvalue weighted by atomic mass is 10.2. The Morgan fingerprint density at radius 2 is 2.31 bits per heavy atom. The summed E-state index contributed by atoms with van der Waals surface area (Å²) < 4.78 is 1.11. The van der Waals surface area contributed by atoms with Gasteiger partial charge in [0.25, 0.3) is 0 Å². The number of nitrogens with one attached hydrogen (secondary N) is 1. The van der Waals surface area contributed by atoms with E-state index in [2.05, 4.69) is 21.2 Å². The van der Waals surface area contributed by atoms with Crippen molar-refractivity contribution in [2.45, 2.75) is 18.9 Å². The molecule has 0 saturated carbocycles. The molecular formula is C10H14BrNO3S. The Balaban J connectivity index is 2.10. The first-order valence-corrected chi connectivity index (χ1v) is 6.53. The Kier molecular flexibility index (Phi) is 5.97. The lowest BCUT2D eigenvalue weighted by molar-refractivity contribution is -0.139. The fraction of sp³-hybridized carbons (Fsp3) is 0.500. The van der Waals surface area contributed by atoms with Gasteiger partial charge in [-0.15, -0.1) is 11.3 Å². The normalized spacial score (nSPS) is 12.6. The van der Waals surface area contributed by atoms with E-state index in [0.717, 1.165) is 16.8 Å². The molecule has 0 aliphatic heterocycles. The van der Waals surface area contributed by atoms with Crippen molar-refractivity contribution in [1.29, 1.82) is 0 Å². The number of carbonyl (C=O) groups is 1. The van der Waals surface area contributed by atoms with E-state index in [1.165, 1.54) is 4.88 Å². The number of carboxylic acid groups (broad SMARTS) is 1. The van der Waals surface area contributed by atoms with Crippen molar-refractivity contribution in [2.75, 3.05) is 13.1 Å². The summed E-state index contributed by atoms with van der Waals surface area (Å²) in [6.07, 6.45) is -0.138. The maximum absolute atomic E-state index is 10.3. The van der Waals surface area contributed by atoms with E-state index in [1.807, 2.05) is 12.1 Å². The molecule has 16 heavy (non-hydrogen) atoms. The summed E-state index contributed by atoms with van der Waals surface area (Å²) in [7, 11) is 0. The molecular weight excluding hydrogens is 294 g/mol. The molecule has 0 radical (unpaired) electrons. The molecule has 1 aromatic rings. The molecule has 1 rings (SSSR count). The van der Waals surface area contributed by atoms with Crippen molar-refractivity contribution in [1.82, 2.24) is 5.32 Å². The van der Waals surface area contributed by atoms with Gasteiger partial charge in [-0.3, -0.25) is 4.79 Å². The van der Waals surface area contributed by atoms with Crippen LogP contribution in [0.15, 0.2) is 15.9 Å². The van der Waals surface area contributed by atoms with Gasteiger partial charge in [0, 0.05) is 18.0 Å². The average molecular weight is 308 g/mol. The molecule has 0 amide bonds. The minimum absolute atomic E-state index is 0.211. The molecule has 1 unspecified atom stereocenters. The van der Waals surface area contributed by atoms with Gasteiger partial charge in [0.2, 0.25) is 0 Å². The lowest BCUT2D eigenvalue weighted by Crippen LogP contribution is -2.29. The van der Waals surface area contributed by atoms with E-state index in [4.69, 9.17) is 5.11 Å². The Hall–Kier alpha value is -0.430. The third-order valence-electron chi connectivity index (χ3n) is 1.97. The van der Waals surface area contributed by atoms with E-state index in [1.54, 1.807) is 11.3 Å². The number of halogens is 1. The predicted octanol–water partition coefficient (Wildman–Crippen LogP) is 1.48. The Bertz CT molecular complexity index is 343. The highest BCUT2D eigenvalue weighted by molar-refractivity contribution is 9.11. The number of rotatable bonds is 7. The highest BCUT2D eigenvalue weighted by Crippen LogP contribution is 2.21. The quantitative estimate of drug-likeness (QED) is 0.667. The summed E-state index contributed by atoms with van der Waals surface area (Å²) in [6, 6.07) is 4.05. The molecule has 4 nitrogen and oxygen atoms in total.